The van der Waals surface area contributed by atoms with E-state index in [0.29, 0.717) is 0 Å². The van der Waals surface area contributed by atoms with E-state index >= 15 is 0 Å². The summed E-state index contributed by atoms with van der Waals surface area (Å²) in [5, 5.41) is 0. The van der Waals surface area contributed by atoms with E-state index in [-0.39, 0.29) is 0 Å². The first-order valence-electron chi connectivity index (χ1n) is 2.93. The van der Waals surface area contributed by atoms with Crippen LogP contribution in [0.15, 0.2) is 24.3 Å². The molecule has 0 spiro atoms. The van der Waals surface area contributed by atoms with Crippen LogP contribution in [-0.4, -0.2) is 7.11 Å². The van der Waals surface area contributed by atoms with Gasteiger partial charge in [-0.05, 0) is 24.3 Å². The van der Waals surface area contributed by atoms with Gasteiger partial charge in [-0.3, -0.25) is 0 Å². The van der Waals surface area contributed by atoms with Crippen LogP contribution in [0.1, 0.15) is 0 Å². The number of benzene rings is 1. The fraction of sp³-hybridized carbons (Fsp3) is 0.125. The number of rotatable bonds is 2. The molecule has 0 aliphatic heterocycles. The monoisotopic (exact) mass is 137 g/mol. The highest BCUT2D eigenvalue weighted by atomic mass is 16.5. The second-order valence-electron chi connectivity index (χ2n) is 1.82. The van der Waals surface area contributed by atoms with E-state index in [2.05, 4.69) is 7.11 Å². The normalized spacial score (nSPS) is 9.00. The number of ether oxygens (including phenoxy) is 2. The Labute approximate surface area is 60.4 Å². The van der Waals surface area contributed by atoms with Crippen molar-refractivity contribution < 1.29 is 9.47 Å². The van der Waals surface area contributed by atoms with E-state index in [1.165, 1.54) is 0 Å². The summed E-state index contributed by atoms with van der Waals surface area (Å²) in [5.74, 6) is 1.56. The fourth-order valence-corrected chi connectivity index (χ4v) is 0.672. The molecule has 10 heavy (non-hydrogen) atoms. The van der Waals surface area contributed by atoms with Gasteiger partial charge in [0, 0.05) is 0 Å². The summed E-state index contributed by atoms with van der Waals surface area (Å²) < 4.78 is 9.65. The lowest BCUT2D eigenvalue weighted by Crippen LogP contribution is -1.82. The lowest BCUT2D eigenvalue weighted by Gasteiger charge is -2.00. The molecule has 0 aromatic heterocycles. The maximum atomic E-state index is 4.94. The Bertz CT molecular complexity index is 168. The van der Waals surface area contributed by atoms with E-state index < -0.39 is 0 Å². The molecule has 0 aliphatic carbocycles. The van der Waals surface area contributed by atoms with Gasteiger partial charge in [0.1, 0.15) is 18.6 Å². The molecule has 1 aromatic rings. The van der Waals surface area contributed by atoms with E-state index in [1.54, 1.807) is 19.2 Å². The van der Waals surface area contributed by atoms with Gasteiger partial charge in [-0.15, -0.1) is 0 Å². The first-order chi connectivity index (χ1) is 4.86. The van der Waals surface area contributed by atoms with Gasteiger partial charge < -0.3 is 9.47 Å². The molecule has 0 fully saturated rings. The van der Waals surface area contributed by atoms with Crippen molar-refractivity contribution in [2.24, 2.45) is 0 Å². The molecule has 53 valence electrons. The lowest BCUT2D eigenvalue weighted by atomic mass is 10.3. The topological polar surface area (TPSA) is 18.5 Å². The molecule has 1 radical (unpaired) electrons. The van der Waals surface area contributed by atoms with Gasteiger partial charge in [0.15, 0.2) is 0 Å². The van der Waals surface area contributed by atoms with Crippen LogP contribution in [0.25, 0.3) is 0 Å². The lowest BCUT2D eigenvalue weighted by molar-refractivity contribution is 0.412. The second kappa shape index (κ2) is 3.11. The van der Waals surface area contributed by atoms with Crippen LogP contribution < -0.4 is 9.47 Å². The number of hydrogen-bond donors (Lipinski definition) is 0. The van der Waals surface area contributed by atoms with Crippen LogP contribution in [0.5, 0.6) is 11.5 Å². The average molecular weight is 137 g/mol. The molecular formula is C8H9O2. The van der Waals surface area contributed by atoms with E-state index in [4.69, 9.17) is 9.47 Å². The minimum absolute atomic E-state index is 0.737. The molecule has 0 unspecified atom stereocenters. The van der Waals surface area contributed by atoms with Crippen molar-refractivity contribution in [3.8, 4) is 11.5 Å². The van der Waals surface area contributed by atoms with Crippen molar-refractivity contribution in [3.05, 3.63) is 31.4 Å². The largest absolute Gasteiger partial charge is 0.497 e. The Hall–Kier alpha value is -1.18. The number of methoxy groups -OCH3 is 1. The van der Waals surface area contributed by atoms with Crippen molar-refractivity contribution >= 4 is 0 Å². The molecule has 0 amide bonds. The van der Waals surface area contributed by atoms with Gasteiger partial charge in [-0.1, -0.05) is 0 Å². The van der Waals surface area contributed by atoms with E-state index in [9.17, 15) is 0 Å². The van der Waals surface area contributed by atoms with Crippen LogP contribution in [-0.2, 0) is 0 Å². The van der Waals surface area contributed by atoms with Crippen LogP contribution >= 0.6 is 0 Å². The van der Waals surface area contributed by atoms with Crippen LogP contribution in [0.4, 0.5) is 0 Å². The fourth-order valence-electron chi connectivity index (χ4n) is 0.672. The highest BCUT2D eigenvalue weighted by Gasteiger charge is 1.90. The Morgan fingerprint density at radius 1 is 1.10 bits per heavy atom. The Balaban J connectivity index is 2.80. The zero-order chi connectivity index (χ0) is 7.40. The Kier molecular flexibility index (Phi) is 2.15. The maximum absolute atomic E-state index is 4.94. The Morgan fingerprint density at radius 2 is 1.60 bits per heavy atom. The van der Waals surface area contributed by atoms with Gasteiger partial charge >= 0.3 is 0 Å². The molecule has 0 aliphatic rings. The molecule has 1 aromatic carbocycles. The predicted molar refractivity (Wildman–Crippen MR) is 39.0 cm³/mol. The average Bonchev–Trinajstić information content (AvgIpc) is 2.05. The van der Waals surface area contributed by atoms with E-state index in [0.717, 1.165) is 11.5 Å². The standard InChI is InChI=1S/C8H9O2/c1-9-7-3-5-8(10-2)6-4-7/h3-6H,1H2,2H3. The zero-order valence-electron chi connectivity index (χ0n) is 5.83. The summed E-state index contributed by atoms with van der Waals surface area (Å²) in [7, 11) is 4.90. The summed E-state index contributed by atoms with van der Waals surface area (Å²) in [4.78, 5) is 0. The van der Waals surface area contributed by atoms with Gasteiger partial charge in [0.2, 0.25) is 0 Å². The van der Waals surface area contributed by atoms with Crippen molar-refractivity contribution in [3.63, 3.8) is 0 Å². The minimum Gasteiger partial charge on any atom is -0.497 e. The highest BCUT2D eigenvalue weighted by Crippen LogP contribution is 2.16. The van der Waals surface area contributed by atoms with Crippen molar-refractivity contribution in [1.29, 1.82) is 0 Å². The molecule has 2 nitrogen and oxygen atoms in total. The predicted octanol–water partition coefficient (Wildman–Crippen LogP) is 1.87. The molecule has 2 heteroatoms. The smallest absolute Gasteiger partial charge is 0.122 e. The molecule has 0 N–H and O–H groups in total. The Morgan fingerprint density at radius 3 is 2.00 bits per heavy atom. The van der Waals surface area contributed by atoms with E-state index in [1.807, 2.05) is 12.1 Å². The first-order valence-corrected chi connectivity index (χ1v) is 2.93. The van der Waals surface area contributed by atoms with Gasteiger partial charge in [-0.2, -0.15) is 0 Å². The van der Waals surface area contributed by atoms with Crippen LogP contribution in [0.2, 0.25) is 0 Å². The van der Waals surface area contributed by atoms with Gasteiger partial charge in [-0.25, -0.2) is 0 Å². The van der Waals surface area contributed by atoms with Crippen LogP contribution in [0.3, 0.4) is 0 Å². The second-order valence-corrected chi connectivity index (χ2v) is 1.82. The first kappa shape index (κ1) is 6.93. The van der Waals surface area contributed by atoms with Gasteiger partial charge in [0.05, 0.1) is 7.11 Å². The quantitative estimate of drug-likeness (QED) is 0.619. The zero-order valence-corrected chi connectivity index (χ0v) is 5.83. The van der Waals surface area contributed by atoms with Crippen molar-refractivity contribution in [1.82, 2.24) is 0 Å². The maximum Gasteiger partial charge on any atom is 0.122 e. The summed E-state index contributed by atoms with van der Waals surface area (Å²) in [6.07, 6.45) is 0. The minimum atomic E-state index is 0.737. The van der Waals surface area contributed by atoms with Crippen molar-refractivity contribution in [2.75, 3.05) is 7.11 Å². The molecule has 1 rings (SSSR count). The summed E-state index contributed by atoms with van der Waals surface area (Å²) >= 11 is 0. The summed E-state index contributed by atoms with van der Waals surface area (Å²) in [6.45, 7) is 0. The molecule has 0 saturated carbocycles. The summed E-state index contributed by atoms with van der Waals surface area (Å²) in [6, 6.07) is 7.23. The van der Waals surface area contributed by atoms with Crippen LogP contribution in [0, 0.1) is 7.11 Å². The SMILES string of the molecule is [CH2]Oc1ccc(OC)cc1. The third-order valence-electron chi connectivity index (χ3n) is 1.23. The molecule has 0 atom stereocenters. The highest BCUT2D eigenvalue weighted by molar-refractivity contribution is 5.30. The summed E-state index contributed by atoms with van der Waals surface area (Å²) in [5.41, 5.74) is 0. The van der Waals surface area contributed by atoms with Crippen molar-refractivity contribution in [2.45, 2.75) is 0 Å². The third kappa shape index (κ3) is 1.41. The molecule has 0 saturated heterocycles. The third-order valence-corrected chi connectivity index (χ3v) is 1.23. The molecule has 0 bridgehead atoms. The molecule has 0 heterocycles. The number of hydrogen-bond acceptors (Lipinski definition) is 2. The molecular weight excluding hydrogens is 128 g/mol. The van der Waals surface area contributed by atoms with Gasteiger partial charge in [0.25, 0.3) is 0 Å².